The molecule has 0 aromatic heterocycles. The van der Waals surface area contributed by atoms with Gasteiger partial charge in [-0.2, -0.15) is 12.7 Å². The smallest absolute Gasteiger partial charge is 0.279 e. The molecule has 1 heterocycles. The summed E-state index contributed by atoms with van der Waals surface area (Å²) in [6.07, 6.45) is 4.89. The van der Waals surface area contributed by atoms with Crippen LogP contribution in [0.4, 0.5) is 0 Å². The standard InChI is InChI=1S/C13H29N3O2S/c1-3-4-13(5-8-14)11-15-19(17,18)16-9-6-12(2)7-10-16/h12-13,15H,3-11,14H2,1-2H3. The summed E-state index contributed by atoms with van der Waals surface area (Å²) in [7, 11) is -3.30. The zero-order valence-corrected chi connectivity index (χ0v) is 13.1. The topological polar surface area (TPSA) is 75.4 Å². The number of rotatable bonds is 8. The van der Waals surface area contributed by atoms with Crippen molar-refractivity contribution in [3.63, 3.8) is 0 Å². The predicted octanol–water partition coefficient (Wildman–Crippen LogP) is 1.32. The van der Waals surface area contributed by atoms with E-state index < -0.39 is 10.2 Å². The van der Waals surface area contributed by atoms with Crippen molar-refractivity contribution in [2.75, 3.05) is 26.2 Å². The Bertz CT molecular complexity index is 332. The average Bonchev–Trinajstić information content (AvgIpc) is 2.37. The monoisotopic (exact) mass is 291 g/mol. The molecule has 1 rings (SSSR count). The molecule has 0 saturated carbocycles. The molecule has 1 atom stereocenters. The van der Waals surface area contributed by atoms with Gasteiger partial charge in [0.2, 0.25) is 0 Å². The molecule has 5 nitrogen and oxygen atoms in total. The third kappa shape index (κ3) is 5.77. The van der Waals surface area contributed by atoms with Crippen LogP contribution >= 0.6 is 0 Å². The summed E-state index contributed by atoms with van der Waals surface area (Å²) < 4.78 is 28.7. The molecule has 114 valence electrons. The first-order valence-corrected chi connectivity index (χ1v) is 8.88. The summed E-state index contributed by atoms with van der Waals surface area (Å²) in [5, 5.41) is 0. The summed E-state index contributed by atoms with van der Waals surface area (Å²) >= 11 is 0. The van der Waals surface area contributed by atoms with Crippen LogP contribution in [0.15, 0.2) is 0 Å². The molecule has 0 spiro atoms. The summed E-state index contributed by atoms with van der Waals surface area (Å²) in [5.41, 5.74) is 5.57. The van der Waals surface area contributed by atoms with Gasteiger partial charge < -0.3 is 5.73 Å². The minimum absolute atomic E-state index is 0.355. The zero-order valence-electron chi connectivity index (χ0n) is 12.3. The molecule has 1 saturated heterocycles. The third-order valence-corrected chi connectivity index (χ3v) is 5.49. The van der Waals surface area contributed by atoms with Crippen LogP contribution in [0.25, 0.3) is 0 Å². The Hall–Kier alpha value is -0.170. The molecule has 6 heteroatoms. The number of nitrogens with zero attached hydrogens (tertiary/aromatic N) is 1. The highest BCUT2D eigenvalue weighted by molar-refractivity contribution is 7.87. The molecule has 0 aromatic carbocycles. The van der Waals surface area contributed by atoms with Gasteiger partial charge in [0.05, 0.1) is 0 Å². The van der Waals surface area contributed by atoms with Crippen molar-refractivity contribution in [3.05, 3.63) is 0 Å². The maximum Gasteiger partial charge on any atom is 0.279 e. The fraction of sp³-hybridized carbons (Fsp3) is 1.00. The van der Waals surface area contributed by atoms with E-state index in [0.29, 0.717) is 38.0 Å². The summed E-state index contributed by atoms with van der Waals surface area (Å²) in [6.45, 7) is 6.71. The van der Waals surface area contributed by atoms with E-state index in [1.54, 1.807) is 4.31 Å². The highest BCUT2D eigenvalue weighted by Crippen LogP contribution is 2.18. The van der Waals surface area contributed by atoms with Gasteiger partial charge in [0.25, 0.3) is 10.2 Å². The summed E-state index contributed by atoms with van der Waals surface area (Å²) in [4.78, 5) is 0. The Kier molecular flexibility index (Phi) is 7.28. The van der Waals surface area contributed by atoms with E-state index in [-0.39, 0.29) is 0 Å². The first-order valence-electron chi connectivity index (χ1n) is 7.44. The van der Waals surface area contributed by atoms with Crippen molar-refractivity contribution in [3.8, 4) is 0 Å². The van der Waals surface area contributed by atoms with Crippen molar-refractivity contribution in [1.82, 2.24) is 9.03 Å². The Morgan fingerprint density at radius 2 is 1.95 bits per heavy atom. The van der Waals surface area contributed by atoms with E-state index in [1.807, 2.05) is 0 Å². The largest absolute Gasteiger partial charge is 0.330 e. The van der Waals surface area contributed by atoms with Gasteiger partial charge >= 0.3 is 0 Å². The molecule has 0 radical (unpaired) electrons. The molecule has 0 bridgehead atoms. The van der Waals surface area contributed by atoms with Crippen LogP contribution in [-0.2, 0) is 10.2 Å². The minimum Gasteiger partial charge on any atom is -0.330 e. The first-order chi connectivity index (χ1) is 8.99. The molecular formula is C13H29N3O2S. The highest BCUT2D eigenvalue weighted by atomic mass is 32.2. The number of hydrogen-bond donors (Lipinski definition) is 2. The maximum atomic E-state index is 12.2. The fourth-order valence-electron chi connectivity index (χ4n) is 2.53. The fourth-order valence-corrected chi connectivity index (χ4v) is 3.85. The van der Waals surface area contributed by atoms with E-state index in [2.05, 4.69) is 18.6 Å². The van der Waals surface area contributed by atoms with Gasteiger partial charge in [0.15, 0.2) is 0 Å². The molecule has 0 aromatic rings. The van der Waals surface area contributed by atoms with Crippen molar-refractivity contribution < 1.29 is 8.42 Å². The molecular weight excluding hydrogens is 262 g/mol. The molecule has 1 fully saturated rings. The van der Waals surface area contributed by atoms with Crippen LogP contribution in [0.5, 0.6) is 0 Å². The van der Waals surface area contributed by atoms with Crippen molar-refractivity contribution in [2.24, 2.45) is 17.6 Å². The van der Waals surface area contributed by atoms with E-state index >= 15 is 0 Å². The Morgan fingerprint density at radius 3 is 2.47 bits per heavy atom. The van der Waals surface area contributed by atoms with Gasteiger partial charge in [0.1, 0.15) is 0 Å². The van der Waals surface area contributed by atoms with Crippen LogP contribution in [0.3, 0.4) is 0 Å². The SMILES string of the molecule is CCCC(CCN)CNS(=O)(=O)N1CCC(C)CC1. The maximum absolute atomic E-state index is 12.2. The number of nitrogens with two attached hydrogens (primary N) is 1. The van der Waals surface area contributed by atoms with E-state index in [1.165, 1.54) is 0 Å². The average molecular weight is 291 g/mol. The van der Waals surface area contributed by atoms with Gasteiger partial charge in [-0.15, -0.1) is 0 Å². The van der Waals surface area contributed by atoms with Crippen molar-refractivity contribution in [2.45, 2.75) is 46.0 Å². The van der Waals surface area contributed by atoms with Crippen LogP contribution < -0.4 is 10.5 Å². The summed E-state index contributed by atoms with van der Waals surface area (Å²) in [6, 6.07) is 0. The van der Waals surface area contributed by atoms with E-state index in [9.17, 15) is 8.42 Å². The Morgan fingerprint density at radius 1 is 1.32 bits per heavy atom. The molecule has 19 heavy (non-hydrogen) atoms. The van der Waals surface area contributed by atoms with Crippen molar-refractivity contribution in [1.29, 1.82) is 0 Å². The molecule has 0 aliphatic carbocycles. The predicted molar refractivity (Wildman–Crippen MR) is 79.0 cm³/mol. The second-order valence-corrected chi connectivity index (χ2v) is 7.42. The second kappa shape index (κ2) is 8.19. The quantitative estimate of drug-likeness (QED) is 0.708. The molecule has 3 N–H and O–H groups in total. The van der Waals surface area contributed by atoms with Crippen LogP contribution in [-0.4, -0.2) is 38.9 Å². The normalized spacial score (nSPS) is 20.6. The van der Waals surface area contributed by atoms with E-state index in [0.717, 1.165) is 32.1 Å². The lowest BCUT2D eigenvalue weighted by Crippen LogP contribution is -2.46. The molecule has 1 aliphatic heterocycles. The number of nitrogens with one attached hydrogen (secondary N) is 1. The Balaban J connectivity index is 2.44. The molecule has 0 amide bonds. The van der Waals surface area contributed by atoms with Gasteiger partial charge in [-0.1, -0.05) is 20.3 Å². The van der Waals surface area contributed by atoms with Crippen molar-refractivity contribution >= 4 is 10.2 Å². The number of hydrogen-bond acceptors (Lipinski definition) is 3. The third-order valence-electron chi connectivity index (χ3n) is 3.91. The second-order valence-electron chi connectivity index (χ2n) is 5.67. The van der Waals surface area contributed by atoms with E-state index in [4.69, 9.17) is 5.73 Å². The van der Waals surface area contributed by atoms with Gasteiger partial charge in [0, 0.05) is 19.6 Å². The Labute approximate surface area is 118 Å². The van der Waals surface area contributed by atoms with Crippen LogP contribution in [0.1, 0.15) is 46.0 Å². The van der Waals surface area contributed by atoms with Gasteiger partial charge in [-0.05, 0) is 44.1 Å². The van der Waals surface area contributed by atoms with Crippen LogP contribution in [0.2, 0.25) is 0 Å². The number of piperidine rings is 1. The molecule has 1 unspecified atom stereocenters. The summed E-state index contributed by atoms with van der Waals surface area (Å²) in [5.74, 6) is 0.991. The van der Waals surface area contributed by atoms with Gasteiger partial charge in [-0.3, -0.25) is 0 Å². The lowest BCUT2D eigenvalue weighted by Gasteiger charge is -2.30. The zero-order chi connectivity index (χ0) is 14.3. The first kappa shape index (κ1) is 16.9. The highest BCUT2D eigenvalue weighted by Gasteiger charge is 2.26. The minimum atomic E-state index is -3.30. The lowest BCUT2D eigenvalue weighted by molar-refractivity contribution is 0.283. The van der Waals surface area contributed by atoms with Crippen LogP contribution in [0, 0.1) is 11.8 Å². The lowest BCUT2D eigenvalue weighted by atomic mass is 10.0. The molecule has 1 aliphatic rings. The van der Waals surface area contributed by atoms with Gasteiger partial charge in [-0.25, -0.2) is 4.72 Å².